The van der Waals surface area contributed by atoms with E-state index in [1.54, 1.807) is 78.9 Å². The maximum absolute atomic E-state index is 12.8. The standard InChI is InChI=1S/C27H22ClN3O5/c1-2-16-36-27(35)18-10-14-20(15-11-18)30-24(32)17-8-12-19(13-9-17)29-23-22(28)25(33)31(26(23)34)21-6-4-3-5-7-21/h3-15,29H,2,16H2,1H3,(H,30,32). The van der Waals surface area contributed by atoms with Gasteiger partial charge in [-0.3, -0.25) is 14.4 Å². The van der Waals surface area contributed by atoms with Gasteiger partial charge < -0.3 is 15.4 Å². The number of benzene rings is 3. The van der Waals surface area contributed by atoms with Gasteiger partial charge in [-0.05, 0) is 67.1 Å². The van der Waals surface area contributed by atoms with Crippen LogP contribution in [0.4, 0.5) is 17.1 Å². The second kappa shape index (κ2) is 10.9. The molecule has 3 aromatic carbocycles. The SMILES string of the molecule is CCCOC(=O)c1ccc(NC(=O)c2ccc(NC3=C(Cl)C(=O)N(c4ccccc4)C3=O)cc2)cc1. The van der Waals surface area contributed by atoms with Crippen LogP contribution >= 0.6 is 11.6 Å². The molecule has 4 rings (SSSR count). The second-order valence-electron chi connectivity index (χ2n) is 7.84. The van der Waals surface area contributed by atoms with Crippen molar-refractivity contribution in [1.29, 1.82) is 0 Å². The van der Waals surface area contributed by atoms with Crippen molar-refractivity contribution < 1.29 is 23.9 Å². The lowest BCUT2D eigenvalue weighted by atomic mass is 10.1. The molecule has 0 saturated heterocycles. The summed E-state index contributed by atoms with van der Waals surface area (Å²) in [4.78, 5) is 50.9. The number of amides is 3. The van der Waals surface area contributed by atoms with Crippen LogP contribution in [-0.4, -0.2) is 30.3 Å². The zero-order valence-corrected chi connectivity index (χ0v) is 20.0. The van der Waals surface area contributed by atoms with Crippen molar-refractivity contribution in [1.82, 2.24) is 0 Å². The maximum Gasteiger partial charge on any atom is 0.338 e. The molecular formula is C27H22ClN3O5. The number of ether oxygens (including phenoxy) is 1. The topological polar surface area (TPSA) is 105 Å². The Labute approximate surface area is 212 Å². The molecule has 0 aliphatic carbocycles. The molecule has 0 aromatic heterocycles. The van der Waals surface area contributed by atoms with Gasteiger partial charge >= 0.3 is 5.97 Å². The maximum atomic E-state index is 12.8. The van der Waals surface area contributed by atoms with Gasteiger partial charge in [0.1, 0.15) is 10.7 Å². The predicted octanol–water partition coefficient (Wildman–Crippen LogP) is 4.94. The summed E-state index contributed by atoms with van der Waals surface area (Å²) >= 11 is 6.16. The van der Waals surface area contributed by atoms with Crippen LogP contribution in [0.2, 0.25) is 0 Å². The summed E-state index contributed by atoms with van der Waals surface area (Å²) in [6.45, 7) is 2.26. The highest BCUT2D eigenvalue weighted by Gasteiger charge is 2.38. The number of nitrogens with zero attached hydrogens (tertiary/aromatic N) is 1. The van der Waals surface area contributed by atoms with Crippen LogP contribution in [0.25, 0.3) is 0 Å². The highest BCUT2D eigenvalue weighted by Crippen LogP contribution is 2.30. The van der Waals surface area contributed by atoms with Gasteiger partial charge in [-0.2, -0.15) is 0 Å². The van der Waals surface area contributed by atoms with Crippen molar-refractivity contribution in [2.45, 2.75) is 13.3 Å². The molecule has 0 fully saturated rings. The van der Waals surface area contributed by atoms with Gasteiger partial charge in [0.25, 0.3) is 17.7 Å². The van der Waals surface area contributed by atoms with Crippen molar-refractivity contribution in [2.75, 3.05) is 22.1 Å². The molecule has 182 valence electrons. The minimum absolute atomic E-state index is 0.0414. The van der Waals surface area contributed by atoms with Crippen molar-refractivity contribution >= 4 is 52.4 Å². The van der Waals surface area contributed by atoms with Crippen LogP contribution in [-0.2, 0) is 14.3 Å². The number of esters is 1. The Morgan fingerprint density at radius 2 is 1.44 bits per heavy atom. The molecule has 0 radical (unpaired) electrons. The molecule has 3 amide bonds. The molecule has 0 bridgehead atoms. The summed E-state index contributed by atoms with van der Waals surface area (Å²) in [6.07, 6.45) is 0.736. The Hall–Kier alpha value is -4.43. The number of nitrogens with one attached hydrogen (secondary N) is 2. The van der Waals surface area contributed by atoms with Crippen LogP contribution in [0.5, 0.6) is 0 Å². The molecule has 1 heterocycles. The third kappa shape index (κ3) is 5.29. The zero-order valence-electron chi connectivity index (χ0n) is 19.3. The van der Waals surface area contributed by atoms with E-state index in [9.17, 15) is 19.2 Å². The van der Waals surface area contributed by atoms with Crippen LogP contribution in [0.1, 0.15) is 34.1 Å². The van der Waals surface area contributed by atoms with Crippen LogP contribution in [0.15, 0.2) is 89.6 Å². The van der Waals surface area contributed by atoms with Gasteiger partial charge in [0.15, 0.2) is 0 Å². The summed E-state index contributed by atoms with van der Waals surface area (Å²) in [5.41, 5.74) is 2.14. The monoisotopic (exact) mass is 503 g/mol. The third-order valence-corrected chi connectivity index (χ3v) is 5.62. The summed E-state index contributed by atoms with van der Waals surface area (Å²) in [5, 5.41) is 5.42. The molecule has 36 heavy (non-hydrogen) atoms. The van der Waals surface area contributed by atoms with Crippen molar-refractivity contribution in [3.63, 3.8) is 0 Å². The van der Waals surface area contributed by atoms with E-state index in [2.05, 4.69) is 10.6 Å². The smallest absolute Gasteiger partial charge is 0.338 e. The fourth-order valence-corrected chi connectivity index (χ4v) is 3.66. The number of rotatable bonds is 8. The Morgan fingerprint density at radius 3 is 2.08 bits per heavy atom. The molecule has 1 aliphatic heterocycles. The lowest BCUT2D eigenvalue weighted by Crippen LogP contribution is -2.32. The van der Waals surface area contributed by atoms with Crippen LogP contribution < -0.4 is 15.5 Å². The first-order chi connectivity index (χ1) is 17.4. The molecular weight excluding hydrogens is 482 g/mol. The van der Waals surface area contributed by atoms with Gasteiger partial charge in [0.2, 0.25) is 0 Å². The molecule has 0 saturated carbocycles. The fraction of sp³-hybridized carbons (Fsp3) is 0.111. The van der Waals surface area contributed by atoms with Gasteiger partial charge in [-0.1, -0.05) is 36.7 Å². The Kier molecular flexibility index (Phi) is 7.46. The van der Waals surface area contributed by atoms with Crippen molar-refractivity contribution in [3.8, 4) is 0 Å². The minimum atomic E-state index is -0.615. The van der Waals surface area contributed by atoms with E-state index in [-0.39, 0.29) is 16.6 Å². The van der Waals surface area contributed by atoms with E-state index in [1.807, 2.05) is 6.92 Å². The lowest BCUT2D eigenvalue weighted by Gasteiger charge is -2.15. The van der Waals surface area contributed by atoms with E-state index in [1.165, 1.54) is 0 Å². The summed E-state index contributed by atoms with van der Waals surface area (Å²) < 4.78 is 5.09. The number of halogens is 1. The first-order valence-electron chi connectivity index (χ1n) is 11.2. The Balaban J connectivity index is 1.40. The zero-order chi connectivity index (χ0) is 25.7. The van der Waals surface area contributed by atoms with Crippen molar-refractivity contribution in [2.24, 2.45) is 0 Å². The number of para-hydroxylation sites is 1. The van der Waals surface area contributed by atoms with E-state index in [0.717, 1.165) is 11.3 Å². The number of carbonyl (C=O) groups is 4. The van der Waals surface area contributed by atoms with E-state index >= 15 is 0 Å². The van der Waals surface area contributed by atoms with Gasteiger partial charge in [0.05, 0.1) is 17.9 Å². The van der Waals surface area contributed by atoms with E-state index < -0.39 is 17.8 Å². The molecule has 0 spiro atoms. The van der Waals surface area contributed by atoms with Crippen LogP contribution in [0, 0.1) is 0 Å². The normalized spacial score (nSPS) is 13.1. The van der Waals surface area contributed by atoms with E-state index in [4.69, 9.17) is 16.3 Å². The lowest BCUT2D eigenvalue weighted by molar-refractivity contribution is -0.120. The molecule has 8 nitrogen and oxygen atoms in total. The number of imide groups is 1. The fourth-order valence-electron chi connectivity index (χ4n) is 3.44. The minimum Gasteiger partial charge on any atom is -0.462 e. The first kappa shape index (κ1) is 24.7. The predicted molar refractivity (Wildman–Crippen MR) is 137 cm³/mol. The Bertz CT molecular complexity index is 1340. The summed E-state index contributed by atoms with van der Waals surface area (Å²) in [6, 6.07) is 21.2. The van der Waals surface area contributed by atoms with E-state index in [0.29, 0.717) is 34.8 Å². The Morgan fingerprint density at radius 1 is 0.833 bits per heavy atom. The number of anilines is 3. The first-order valence-corrected chi connectivity index (χ1v) is 11.6. The molecule has 2 N–H and O–H groups in total. The summed E-state index contributed by atoms with van der Waals surface area (Å²) in [5.74, 6) is -1.96. The molecule has 3 aromatic rings. The summed E-state index contributed by atoms with van der Waals surface area (Å²) in [7, 11) is 0. The number of hydrogen-bond donors (Lipinski definition) is 2. The average molecular weight is 504 g/mol. The largest absolute Gasteiger partial charge is 0.462 e. The number of hydrogen-bond acceptors (Lipinski definition) is 6. The van der Waals surface area contributed by atoms with Gasteiger partial charge in [-0.15, -0.1) is 0 Å². The quantitative estimate of drug-likeness (QED) is 0.333. The average Bonchev–Trinajstić information content (AvgIpc) is 3.11. The highest BCUT2D eigenvalue weighted by molar-refractivity contribution is 6.53. The second-order valence-corrected chi connectivity index (χ2v) is 8.22. The van der Waals surface area contributed by atoms with Gasteiger partial charge in [0, 0.05) is 16.9 Å². The molecule has 1 aliphatic rings. The highest BCUT2D eigenvalue weighted by atomic mass is 35.5. The molecule has 9 heteroatoms. The van der Waals surface area contributed by atoms with Crippen molar-refractivity contribution in [3.05, 3.63) is 101 Å². The molecule has 0 atom stereocenters. The van der Waals surface area contributed by atoms with Gasteiger partial charge in [-0.25, -0.2) is 9.69 Å². The van der Waals surface area contributed by atoms with Crippen LogP contribution in [0.3, 0.4) is 0 Å². The third-order valence-electron chi connectivity index (χ3n) is 5.27. The number of carbonyl (C=O) groups excluding carboxylic acids is 4. The molecule has 0 unspecified atom stereocenters.